The van der Waals surface area contributed by atoms with Gasteiger partial charge in [-0.3, -0.25) is 0 Å². The molecule has 1 aromatic rings. The molecule has 1 aliphatic rings. The van der Waals surface area contributed by atoms with Crippen LogP contribution in [0.2, 0.25) is 0 Å². The summed E-state index contributed by atoms with van der Waals surface area (Å²) < 4.78 is 5.77. The van der Waals surface area contributed by atoms with Crippen molar-refractivity contribution in [2.45, 2.75) is 12.5 Å². The molecule has 0 radical (unpaired) electrons. The molecule has 1 saturated heterocycles. The molecular weight excluding hydrogens is 240 g/mol. The molecule has 2 heterocycles. The zero-order valence-electron chi connectivity index (χ0n) is 11.5. The maximum absolute atomic E-state index is 9.14. The summed E-state index contributed by atoms with van der Waals surface area (Å²) in [5, 5.41) is 9.14. The van der Waals surface area contributed by atoms with Crippen molar-refractivity contribution in [1.29, 1.82) is 5.26 Å². The predicted molar refractivity (Wildman–Crippen MR) is 74.1 cm³/mol. The van der Waals surface area contributed by atoms with Crippen molar-refractivity contribution in [3.63, 3.8) is 0 Å². The lowest BCUT2D eigenvalue weighted by molar-refractivity contribution is 0.0309. The highest BCUT2D eigenvalue weighted by Gasteiger charge is 2.23. The molecule has 1 fully saturated rings. The van der Waals surface area contributed by atoms with Crippen LogP contribution in [0.4, 0.5) is 5.82 Å². The molecule has 0 spiro atoms. The van der Waals surface area contributed by atoms with E-state index in [1.807, 2.05) is 6.07 Å². The average Bonchev–Trinajstić information content (AvgIpc) is 2.45. The molecule has 0 aromatic carbocycles. The van der Waals surface area contributed by atoms with Crippen molar-refractivity contribution in [1.82, 2.24) is 9.88 Å². The van der Waals surface area contributed by atoms with Gasteiger partial charge in [0, 0.05) is 25.8 Å². The Bertz CT molecular complexity index is 455. The van der Waals surface area contributed by atoms with E-state index in [-0.39, 0.29) is 6.10 Å². The Kier molecular flexibility index (Phi) is 4.72. The van der Waals surface area contributed by atoms with Gasteiger partial charge in [-0.15, -0.1) is 0 Å². The Morgan fingerprint density at radius 3 is 3.16 bits per heavy atom. The van der Waals surface area contributed by atoms with Crippen LogP contribution in [0.3, 0.4) is 0 Å². The van der Waals surface area contributed by atoms with Crippen molar-refractivity contribution < 1.29 is 4.74 Å². The number of ether oxygens (including phenoxy) is 1. The molecule has 0 amide bonds. The van der Waals surface area contributed by atoms with Crippen molar-refractivity contribution in [2.24, 2.45) is 0 Å². The first kappa shape index (κ1) is 13.8. The summed E-state index contributed by atoms with van der Waals surface area (Å²) in [5.74, 6) is 0.781. The van der Waals surface area contributed by atoms with Gasteiger partial charge in [0.2, 0.25) is 0 Å². The van der Waals surface area contributed by atoms with Crippen LogP contribution < -0.4 is 4.90 Å². The second-order valence-electron chi connectivity index (χ2n) is 5.02. The Morgan fingerprint density at radius 2 is 2.42 bits per heavy atom. The molecule has 19 heavy (non-hydrogen) atoms. The van der Waals surface area contributed by atoms with Gasteiger partial charge in [0.25, 0.3) is 0 Å². The van der Waals surface area contributed by atoms with Crippen molar-refractivity contribution in [3.8, 4) is 6.07 Å². The smallest absolute Gasteiger partial charge is 0.146 e. The lowest BCUT2D eigenvalue weighted by Gasteiger charge is -2.34. The fourth-order valence-corrected chi connectivity index (χ4v) is 2.22. The second kappa shape index (κ2) is 6.50. The highest BCUT2D eigenvalue weighted by molar-refractivity contribution is 5.53. The first-order chi connectivity index (χ1) is 9.20. The first-order valence-corrected chi connectivity index (χ1v) is 6.57. The number of aromatic nitrogens is 1. The highest BCUT2D eigenvalue weighted by Crippen LogP contribution is 2.20. The van der Waals surface area contributed by atoms with Gasteiger partial charge in [0.05, 0.1) is 18.3 Å². The molecule has 1 unspecified atom stereocenters. The van der Waals surface area contributed by atoms with Crippen LogP contribution >= 0.6 is 0 Å². The Labute approximate surface area is 114 Å². The maximum atomic E-state index is 9.14. The van der Waals surface area contributed by atoms with Crippen molar-refractivity contribution in [2.75, 3.05) is 45.2 Å². The fourth-order valence-electron chi connectivity index (χ4n) is 2.22. The largest absolute Gasteiger partial charge is 0.374 e. The van der Waals surface area contributed by atoms with Crippen molar-refractivity contribution in [3.05, 3.63) is 23.9 Å². The van der Waals surface area contributed by atoms with Gasteiger partial charge >= 0.3 is 0 Å². The lowest BCUT2D eigenvalue weighted by Crippen LogP contribution is -2.44. The third kappa shape index (κ3) is 3.66. The molecule has 102 valence electrons. The molecule has 0 N–H and O–H groups in total. The minimum absolute atomic E-state index is 0.213. The molecule has 0 saturated carbocycles. The number of morpholine rings is 1. The summed E-state index contributed by atoms with van der Waals surface area (Å²) in [6.07, 6.45) is 2.95. The number of nitrogens with zero attached hydrogens (tertiary/aromatic N) is 4. The molecular formula is C14H20N4O. The summed E-state index contributed by atoms with van der Waals surface area (Å²) >= 11 is 0. The van der Waals surface area contributed by atoms with Gasteiger partial charge in [0.1, 0.15) is 11.9 Å². The number of rotatable bonds is 4. The van der Waals surface area contributed by atoms with Gasteiger partial charge in [0.15, 0.2) is 0 Å². The van der Waals surface area contributed by atoms with Crippen LogP contribution in [0.15, 0.2) is 18.3 Å². The number of anilines is 1. The topological polar surface area (TPSA) is 52.4 Å². The summed E-state index contributed by atoms with van der Waals surface area (Å²) in [7, 11) is 4.13. The number of pyridine rings is 1. The van der Waals surface area contributed by atoms with E-state index in [0.29, 0.717) is 12.2 Å². The minimum atomic E-state index is 0.213. The van der Waals surface area contributed by atoms with Crippen LogP contribution in [0.25, 0.3) is 0 Å². The second-order valence-corrected chi connectivity index (χ2v) is 5.02. The third-order valence-electron chi connectivity index (χ3n) is 3.24. The number of hydrogen-bond acceptors (Lipinski definition) is 5. The quantitative estimate of drug-likeness (QED) is 0.811. The van der Waals surface area contributed by atoms with E-state index in [1.54, 1.807) is 12.3 Å². The third-order valence-corrected chi connectivity index (χ3v) is 3.24. The molecule has 1 aromatic heterocycles. The van der Waals surface area contributed by atoms with E-state index in [1.165, 1.54) is 0 Å². The highest BCUT2D eigenvalue weighted by atomic mass is 16.5. The molecule has 5 nitrogen and oxygen atoms in total. The molecule has 5 heteroatoms. The van der Waals surface area contributed by atoms with Crippen LogP contribution in [-0.4, -0.2) is 56.3 Å². The predicted octanol–water partition coefficient (Wildman–Crippen LogP) is 1.11. The van der Waals surface area contributed by atoms with E-state index in [2.05, 4.69) is 34.9 Å². The van der Waals surface area contributed by atoms with Crippen LogP contribution in [0.5, 0.6) is 0 Å². The first-order valence-electron chi connectivity index (χ1n) is 6.57. The monoisotopic (exact) mass is 260 g/mol. The van der Waals surface area contributed by atoms with Crippen molar-refractivity contribution >= 4 is 5.82 Å². The van der Waals surface area contributed by atoms with Gasteiger partial charge in [-0.05, 0) is 32.6 Å². The van der Waals surface area contributed by atoms with E-state index in [0.717, 1.165) is 31.9 Å². The summed E-state index contributed by atoms with van der Waals surface area (Å²) in [5.41, 5.74) is 0.635. The Hall–Kier alpha value is -1.64. The number of nitriles is 1. The molecule has 2 rings (SSSR count). The van der Waals surface area contributed by atoms with Crippen LogP contribution in [0.1, 0.15) is 12.0 Å². The molecule has 1 aliphatic heterocycles. The average molecular weight is 260 g/mol. The van der Waals surface area contributed by atoms with Gasteiger partial charge < -0.3 is 14.5 Å². The lowest BCUT2D eigenvalue weighted by atomic mass is 10.1. The van der Waals surface area contributed by atoms with E-state index in [4.69, 9.17) is 10.00 Å². The number of hydrogen-bond donors (Lipinski definition) is 0. The van der Waals surface area contributed by atoms with Gasteiger partial charge in [-0.25, -0.2) is 4.98 Å². The van der Waals surface area contributed by atoms with Crippen LogP contribution in [-0.2, 0) is 4.74 Å². The van der Waals surface area contributed by atoms with Crippen LogP contribution in [0, 0.1) is 11.3 Å². The van der Waals surface area contributed by atoms with E-state index in [9.17, 15) is 0 Å². The zero-order chi connectivity index (χ0) is 13.7. The fraction of sp³-hybridized carbons (Fsp3) is 0.571. The normalized spacial score (nSPS) is 19.5. The van der Waals surface area contributed by atoms with Gasteiger partial charge in [-0.1, -0.05) is 0 Å². The van der Waals surface area contributed by atoms with E-state index >= 15 is 0 Å². The standard InChI is InChI=1S/C14H20N4O/c1-17(2)7-5-13-11-18(8-9-19-13)14-12(10-15)4-3-6-16-14/h3-4,6,13H,5,7-9,11H2,1-2H3. The molecule has 0 bridgehead atoms. The Morgan fingerprint density at radius 1 is 1.58 bits per heavy atom. The minimum Gasteiger partial charge on any atom is -0.374 e. The van der Waals surface area contributed by atoms with E-state index < -0.39 is 0 Å². The SMILES string of the molecule is CN(C)CCC1CN(c2ncccc2C#N)CCO1. The molecule has 1 atom stereocenters. The zero-order valence-corrected chi connectivity index (χ0v) is 11.5. The Balaban J connectivity index is 2.03. The summed E-state index contributed by atoms with van der Waals surface area (Å²) in [6.45, 7) is 3.30. The summed E-state index contributed by atoms with van der Waals surface area (Å²) in [6, 6.07) is 5.81. The van der Waals surface area contributed by atoms with Gasteiger partial charge in [-0.2, -0.15) is 5.26 Å². The molecule has 0 aliphatic carbocycles. The summed E-state index contributed by atoms with van der Waals surface area (Å²) in [4.78, 5) is 8.65. The maximum Gasteiger partial charge on any atom is 0.146 e.